The van der Waals surface area contributed by atoms with Crippen molar-refractivity contribution in [1.29, 1.82) is 0 Å². The van der Waals surface area contributed by atoms with Gasteiger partial charge in [-0.05, 0) is 45.5 Å². The normalized spacial score (nSPS) is 24.4. The van der Waals surface area contributed by atoms with Gasteiger partial charge in [-0.2, -0.15) is 0 Å². The van der Waals surface area contributed by atoms with Crippen molar-refractivity contribution in [2.75, 3.05) is 25.0 Å². The zero-order chi connectivity index (χ0) is 13.7. The molecule has 102 valence electrons. The number of likely N-dealkylation sites (N-methyl/N-ethyl adjacent to an activating group) is 1. The Morgan fingerprint density at radius 3 is 2.22 bits per heavy atom. The van der Waals surface area contributed by atoms with E-state index in [2.05, 4.69) is 48.7 Å². The zero-order valence-electron chi connectivity index (χ0n) is 12.6. The van der Waals surface area contributed by atoms with E-state index in [4.69, 9.17) is 0 Å². The summed E-state index contributed by atoms with van der Waals surface area (Å²) in [5, 5.41) is 0. The molecule has 2 heterocycles. The maximum atomic E-state index is 4.46. The van der Waals surface area contributed by atoms with Crippen LogP contribution in [0.2, 0.25) is 0 Å². The monoisotopic (exact) mass is 249 g/mol. The van der Waals surface area contributed by atoms with Gasteiger partial charge in [-0.3, -0.25) is 4.90 Å². The lowest BCUT2D eigenvalue weighted by molar-refractivity contribution is 0.169. The first-order chi connectivity index (χ1) is 8.58. The van der Waals surface area contributed by atoms with Crippen molar-refractivity contribution in [3.8, 4) is 0 Å². The van der Waals surface area contributed by atoms with E-state index in [1.165, 1.54) is 5.56 Å². The number of piperazine rings is 1. The van der Waals surface area contributed by atoms with Gasteiger partial charge in [-0.25, -0.2) is 4.98 Å². The Bertz CT molecular complexity index is 353. The van der Waals surface area contributed by atoms with Crippen LogP contribution in [0, 0.1) is 6.92 Å². The van der Waals surface area contributed by atoms with E-state index in [9.17, 15) is 0 Å². The maximum absolute atomic E-state index is 4.46. The van der Waals surface area contributed by atoms with Gasteiger partial charge in [0.15, 0.2) is 0 Å². The number of nitrogens with zero attached hydrogens (tertiary/aromatic N) is 3. The van der Waals surface area contributed by atoms with E-state index in [-0.39, 0.29) is 0 Å². The Morgan fingerprint density at radius 1 is 1.17 bits per heavy atom. The molecule has 1 aromatic rings. The molecule has 0 saturated carbocycles. The van der Waals surface area contributed by atoms with Gasteiger partial charge in [0.1, 0.15) is 5.82 Å². The molecule has 3 heteroatoms. The molecule has 0 aliphatic carbocycles. The highest BCUT2D eigenvalue weighted by Gasteiger charge is 2.26. The molecule has 0 bridgehead atoms. The Labute approximate surface area is 112 Å². The van der Waals surface area contributed by atoms with Crippen molar-refractivity contribution in [2.24, 2.45) is 0 Å². The molecule has 1 aromatic heterocycles. The topological polar surface area (TPSA) is 19.4 Å². The van der Waals surface area contributed by atoms with Crippen LogP contribution in [0.1, 0.15) is 33.3 Å². The molecule has 2 atom stereocenters. The molecule has 2 unspecified atom stereocenters. The Morgan fingerprint density at radius 2 is 1.72 bits per heavy atom. The standard InChI is InChI=1S/C13H21N3.C2H6/c1-10-5-6-14-13(7-10)16-8-11(2)15(4)12(3)9-16;1-2/h5-7,11-12H,8-9H2,1-4H3;1-2H3. The van der Waals surface area contributed by atoms with Gasteiger partial charge in [0.2, 0.25) is 0 Å². The molecule has 3 nitrogen and oxygen atoms in total. The fourth-order valence-electron chi connectivity index (χ4n) is 2.28. The summed E-state index contributed by atoms with van der Waals surface area (Å²) in [5.74, 6) is 1.12. The number of anilines is 1. The third-order valence-electron chi connectivity index (χ3n) is 3.58. The first kappa shape index (κ1) is 15.0. The van der Waals surface area contributed by atoms with Crippen LogP contribution in [-0.4, -0.2) is 42.1 Å². The molecule has 0 radical (unpaired) electrons. The SMILES string of the molecule is CC.Cc1ccnc(N2CC(C)N(C)C(C)C2)c1. The average Bonchev–Trinajstić information content (AvgIpc) is 2.38. The van der Waals surface area contributed by atoms with Crippen molar-refractivity contribution < 1.29 is 0 Å². The van der Waals surface area contributed by atoms with Crippen LogP contribution in [0.15, 0.2) is 18.3 Å². The quantitative estimate of drug-likeness (QED) is 0.763. The molecule has 1 aliphatic heterocycles. The number of pyridine rings is 1. The van der Waals surface area contributed by atoms with E-state index in [0.717, 1.165) is 18.9 Å². The largest absolute Gasteiger partial charge is 0.353 e. The highest BCUT2D eigenvalue weighted by Crippen LogP contribution is 2.19. The summed E-state index contributed by atoms with van der Waals surface area (Å²) in [4.78, 5) is 9.29. The molecule has 2 rings (SSSR count). The molecular formula is C15H27N3. The van der Waals surface area contributed by atoms with Gasteiger partial charge in [0, 0.05) is 31.4 Å². The van der Waals surface area contributed by atoms with E-state index in [0.29, 0.717) is 12.1 Å². The second kappa shape index (κ2) is 6.74. The van der Waals surface area contributed by atoms with Crippen LogP contribution < -0.4 is 4.90 Å². The summed E-state index contributed by atoms with van der Waals surface area (Å²) < 4.78 is 0. The molecule has 0 N–H and O–H groups in total. The summed E-state index contributed by atoms with van der Waals surface area (Å²) in [6, 6.07) is 5.40. The van der Waals surface area contributed by atoms with Crippen molar-refractivity contribution in [3.05, 3.63) is 23.9 Å². The lowest BCUT2D eigenvalue weighted by Crippen LogP contribution is -2.55. The zero-order valence-corrected chi connectivity index (χ0v) is 12.6. The number of rotatable bonds is 1. The van der Waals surface area contributed by atoms with Crippen molar-refractivity contribution in [3.63, 3.8) is 0 Å². The second-order valence-corrected chi connectivity index (χ2v) is 4.96. The summed E-state index contributed by atoms with van der Waals surface area (Å²) in [7, 11) is 2.20. The second-order valence-electron chi connectivity index (χ2n) is 4.96. The van der Waals surface area contributed by atoms with Crippen LogP contribution in [0.5, 0.6) is 0 Å². The van der Waals surface area contributed by atoms with Crippen LogP contribution in [0.25, 0.3) is 0 Å². The highest BCUT2D eigenvalue weighted by molar-refractivity contribution is 5.41. The predicted molar refractivity (Wildman–Crippen MR) is 79.2 cm³/mol. The van der Waals surface area contributed by atoms with Gasteiger partial charge in [0.25, 0.3) is 0 Å². The van der Waals surface area contributed by atoms with Crippen LogP contribution in [0.4, 0.5) is 5.82 Å². The molecule has 0 amide bonds. The van der Waals surface area contributed by atoms with Crippen molar-refractivity contribution in [2.45, 2.75) is 46.7 Å². The molecular weight excluding hydrogens is 222 g/mol. The van der Waals surface area contributed by atoms with Gasteiger partial charge in [0.05, 0.1) is 0 Å². The van der Waals surface area contributed by atoms with Crippen molar-refractivity contribution >= 4 is 5.82 Å². The molecule has 18 heavy (non-hydrogen) atoms. The Hall–Kier alpha value is -1.09. The lowest BCUT2D eigenvalue weighted by Gasteiger charge is -2.43. The summed E-state index contributed by atoms with van der Waals surface area (Å²) in [6.07, 6.45) is 1.90. The first-order valence-electron chi connectivity index (χ1n) is 6.97. The minimum atomic E-state index is 0.589. The van der Waals surface area contributed by atoms with Gasteiger partial charge >= 0.3 is 0 Å². The minimum Gasteiger partial charge on any atom is -0.353 e. The van der Waals surface area contributed by atoms with Gasteiger partial charge in [-0.15, -0.1) is 0 Å². The fourth-order valence-corrected chi connectivity index (χ4v) is 2.28. The van der Waals surface area contributed by atoms with Gasteiger partial charge < -0.3 is 4.90 Å². The molecule has 0 aromatic carbocycles. The average molecular weight is 249 g/mol. The Balaban J connectivity index is 0.000000771. The number of aryl methyl sites for hydroxylation is 1. The van der Waals surface area contributed by atoms with E-state index in [1.807, 2.05) is 26.1 Å². The third-order valence-corrected chi connectivity index (χ3v) is 3.58. The molecule has 1 fully saturated rings. The van der Waals surface area contributed by atoms with Crippen LogP contribution in [-0.2, 0) is 0 Å². The third kappa shape index (κ3) is 3.45. The van der Waals surface area contributed by atoms with E-state index in [1.54, 1.807) is 0 Å². The van der Waals surface area contributed by atoms with Crippen LogP contribution >= 0.6 is 0 Å². The number of hydrogen-bond acceptors (Lipinski definition) is 3. The summed E-state index contributed by atoms with van der Waals surface area (Å²) >= 11 is 0. The Kier molecular flexibility index (Phi) is 5.60. The fraction of sp³-hybridized carbons (Fsp3) is 0.667. The lowest BCUT2D eigenvalue weighted by atomic mass is 10.1. The minimum absolute atomic E-state index is 0.589. The summed E-state index contributed by atoms with van der Waals surface area (Å²) in [5.41, 5.74) is 1.28. The van der Waals surface area contributed by atoms with Crippen LogP contribution in [0.3, 0.4) is 0 Å². The predicted octanol–water partition coefficient (Wildman–Crippen LogP) is 2.95. The molecule has 0 spiro atoms. The highest BCUT2D eigenvalue weighted by atomic mass is 15.3. The number of hydrogen-bond donors (Lipinski definition) is 0. The van der Waals surface area contributed by atoms with E-state index < -0.39 is 0 Å². The van der Waals surface area contributed by atoms with E-state index >= 15 is 0 Å². The molecule has 1 saturated heterocycles. The summed E-state index contributed by atoms with van der Waals surface area (Å²) in [6.45, 7) is 12.8. The van der Waals surface area contributed by atoms with Crippen molar-refractivity contribution in [1.82, 2.24) is 9.88 Å². The van der Waals surface area contributed by atoms with Gasteiger partial charge in [-0.1, -0.05) is 13.8 Å². The smallest absolute Gasteiger partial charge is 0.128 e. The maximum Gasteiger partial charge on any atom is 0.128 e. The number of aromatic nitrogens is 1. The first-order valence-corrected chi connectivity index (χ1v) is 6.97. The molecule has 1 aliphatic rings.